The van der Waals surface area contributed by atoms with E-state index < -0.39 is 0 Å². The monoisotopic (exact) mass is 298 g/mol. The molecule has 0 saturated heterocycles. The molecule has 5 heteroatoms. The van der Waals surface area contributed by atoms with Gasteiger partial charge in [-0.15, -0.1) is 11.3 Å². The van der Waals surface area contributed by atoms with E-state index >= 15 is 0 Å². The second kappa shape index (κ2) is 5.54. The highest BCUT2D eigenvalue weighted by Crippen LogP contribution is 2.27. The normalized spacial score (nSPS) is 10.6. The van der Waals surface area contributed by atoms with E-state index in [2.05, 4.69) is 10.3 Å². The third-order valence-corrected chi connectivity index (χ3v) is 4.03. The van der Waals surface area contributed by atoms with E-state index in [0.29, 0.717) is 16.4 Å². The van der Waals surface area contributed by atoms with Crippen molar-refractivity contribution in [3.63, 3.8) is 0 Å². The molecule has 3 aromatic rings. The van der Waals surface area contributed by atoms with Crippen LogP contribution in [-0.2, 0) is 0 Å². The lowest BCUT2D eigenvalue weighted by Gasteiger charge is -2.10. The molecule has 0 fully saturated rings. The number of carbonyl (C=O) groups excluding carboxylic acids is 1. The molecule has 0 unspecified atom stereocenters. The number of fused-ring (bicyclic) bond motifs is 1. The third-order valence-electron chi connectivity index (χ3n) is 3.15. The molecule has 0 saturated carbocycles. The molecule has 4 nitrogen and oxygen atoms in total. The highest BCUT2D eigenvalue weighted by atomic mass is 32.1. The topological polar surface area (TPSA) is 51.2 Å². The molecule has 0 spiro atoms. The first-order valence-corrected chi connectivity index (χ1v) is 7.35. The van der Waals surface area contributed by atoms with Crippen LogP contribution in [0.25, 0.3) is 10.8 Å². The van der Waals surface area contributed by atoms with Crippen molar-refractivity contribution in [2.24, 2.45) is 0 Å². The quantitative estimate of drug-likeness (QED) is 0.798. The van der Waals surface area contributed by atoms with Crippen LogP contribution in [0.4, 0.5) is 5.13 Å². The van der Waals surface area contributed by atoms with Crippen LogP contribution < -0.4 is 10.1 Å². The Morgan fingerprint density at radius 1 is 1.24 bits per heavy atom. The first-order chi connectivity index (χ1) is 10.2. The third kappa shape index (κ3) is 2.73. The number of benzene rings is 2. The summed E-state index contributed by atoms with van der Waals surface area (Å²) < 4.78 is 5.34. The van der Waals surface area contributed by atoms with Gasteiger partial charge in [-0.2, -0.15) is 0 Å². The molecule has 21 heavy (non-hydrogen) atoms. The van der Waals surface area contributed by atoms with Crippen molar-refractivity contribution in [2.45, 2.75) is 6.92 Å². The highest BCUT2D eigenvalue weighted by Gasteiger charge is 2.15. The lowest BCUT2D eigenvalue weighted by atomic mass is 10.1. The standard InChI is InChI=1S/C16H14N2O2S/c1-10-9-21-16(17-10)18-15(19)13-7-11-5-3-4-6-12(11)8-14(13)20-2/h3-9H,1-2H3,(H,17,18,19). The van der Waals surface area contributed by atoms with Gasteiger partial charge in [-0.1, -0.05) is 24.3 Å². The van der Waals surface area contributed by atoms with Crippen LogP contribution in [0, 0.1) is 6.92 Å². The molecule has 3 rings (SSSR count). The van der Waals surface area contributed by atoms with Gasteiger partial charge < -0.3 is 4.74 Å². The maximum absolute atomic E-state index is 12.4. The first-order valence-electron chi connectivity index (χ1n) is 6.47. The van der Waals surface area contributed by atoms with Crippen molar-refractivity contribution in [1.82, 2.24) is 4.98 Å². The number of amides is 1. The Morgan fingerprint density at radius 2 is 1.95 bits per heavy atom. The smallest absolute Gasteiger partial charge is 0.261 e. The first kappa shape index (κ1) is 13.6. The Labute approximate surface area is 126 Å². The predicted octanol–water partition coefficient (Wildman–Crippen LogP) is 3.87. The van der Waals surface area contributed by atoms with Crippen molar-refractivity contribution >= 4 is 33.1 Å². The number of aromatic nitrogens is 1. The summed E-state index contributed by atoms with van der Waals surface area (Å²) in [6.45, 7) is 1.89. The van der Waals surface area contributed by atoms with E-state index in [1.54, 1.807) is 7.11 Å². The summed E-state index contributed by atoms with van der Waals surface area (Å²) in [5, 5.41) is 7.33. The van der Waals surface area contributed by atoms with Gasteiger partial charge in [-0.25, -0.2) is 4.98 Å². The largest absolute Gasteiger partial charge is 0.496 e. The molecule has 0 radical (unpaired) electrons. The van der Waals surface area contributed by atoms with Crippen molar-refractivity contribution in [3.05, 3.63) is 53.0 Å². The predicted molar refractivity (Wildman–Crippen MR) is 85.3 cm³/mol. The van der Waals surface area contributed by atoms with Gasteiger partial charge in [-0.3, -0.25) is 10.1 Å². The molecule has 2 aromatic carbocycles. The molecule has 0 bridgehead atoms. The van der Waals surface area contributed by atoms with E-state index in [1.165, 1.54) is 11.3 Å². The van der Waals surface area contributed by atoms with E-state index in [-0.39, 0.29) is 5.91 Å². The summed E-state index contributed by atoms with van der Waals surface area (Å²) in [5.74, 6) is 0.339. The van der Waals surface area contributed by atoms with Crippen LogP contribution in [-0.4, -0.2) is 18.0 Å². The average molecular weight is 298 g/mol. The number of aryl methyl sites for hydroxylation is 1. The number of nitrogens with zero attached hydrogens (tertiary/aromatic N) is 1. The van der Waals surface area contributed by atoms with Gasteiger partial charge in [0.2, 0.25) is 0 Å². The molecule has 1 N–H and O–H groups in total. The summed E-state index contributed by atoms with van der Waals surface area (Å²) in [5.41, 5.74) is 1.39. The van der Waals surface area contributed by atoms with E-state index in [0.717, 1.165) is 16.5 Å². The minimum atomic E-state index is -0.216. The van der Waals surface area contributed by atoms with Gasteiger partial charge in [0.05, 0.1) is 18.4 Å². The minimum Gasteiger partial charge on any atom is -0.496 e. The Bertz CT molecular complexity index is 811. The fraction of sp³-hybridized carbons (Fsp3) is 0.125. The molecule has 1 amide bonds. The van der Waals surface area contributed by atoms with Crippen molar-refractivity contribution in [1.29, 1.82) is 0 Å². The molecule has 0 aliphatic rings. The van der Waals surface area contributed by atoms with Gasteiger partial charge >= 0.3 is 0 Å². The molecule has 0 atom stereocenters. The van der Waals surface area contributed by atoms with Crippen LogP contribution in [0.5, 0.6) is 5.75 Å². The van der Waals surface area contributed by atoms with Crippen molar-refractivity contribution in [3.8, 4) is 5.75 Å². The highest BCUT2D eigenvalue weighted by molar-refractivity contribution is 7.13. The van der Waals surface area contributed by atoms with Gasteiger partial charge in [0.1, 0.15) is 5.75 Å². The van der Waals surface area contributed by atoms with E-state index in [1.807, 2.05) is 48.7 Å². The van der Waals surface area contributed by atoms with E-state index in [9.17, 15) is 4.79 Å². The number of nitrogens with one attached hydrogen (secondary N) is 1. The number of carbonyl (C=O) groups is 1. The van der Waals surface area contributed by atoms with E-state index in [4.69, 9.17) is 4.74 Å². The molecular formula is C16H14N2O2S. The zero-order valence-electron chi connectivity index (χ0n) is 11.7. The molecule has 0 aliphatic heterocycles. The van der Waals surface area contributed by atoms with Crippen molar-refractivity contribution in [2.75, 3.05) is 12.4 Å². The maximum Gasteiger partial charge on any atom is 0.261 e. The molecule has 0 aliphatic carbocycles. The SMILES string of the molecule is COc1cc2ccccc2cc1C(=O)Nc1nc(C)cs1. The zero-order chi connectivity index (χ0) is 14.8. The lowest BCUT2D eigenvalue weighted by molar-refractivity contribution is 0.102. The molecule has 106 valence electrons. The second-order valence-electron chi connectivity index (χ2n) is 4.65. The van der Waals surface area contributed by atoms with Gasteiger partial charge in [0.25, 0.3) is 5.91 Å². The van der Waals surface area contributed by atoms with Crippen LogP contribution in [0.1, 0.15) is 16.1 Å². The van der Waals surface area contributed by atoms with Gasteiger partial charge in [0, 0.05) is 5.38 Å². The summed E-state index contributed by atoms with van der Waals surface area (Å²) in [7, 11) is 1.56. The Balaban J connectivity index is 1.99. The second-order valence-corrected chi connectivity index (χ2v) is 5.51. The number of thiazole rings is 1. The summed E-state index contributed by atoms with van der Waals surface area (Å²) >= 11 is 1.41. The Hall–Kier alpha value is -2.40. The molecule has 1 heterocycles. The van der Waals surface area contributed by atoms with Gasteiger partial charge in [0.15, 0.2) is 5.13 Å². The van der Waals surface area contributed by atoms with Crippen molar-refractivity contribution < 1.29 is 9.53 Å². The number of ether oxygens (including phenoxy) is 1. The minimum absolute atomic E-state index is 0.216. The Morgan fingerprint density at radius 3 is 2.57 bits per heavy atom. The van der Waals surface area contributed by atoms with Crippen LogP contribution in [0.2, 0.25) is 0 Å². The number of rotatable bonds is 3. The number of methoxy groups -OCH3 is 1. The summed E-state index contributed by atoms with van der Waals surface area (Å²) in [6.07, 6.45) is 0. The molecule has 1 aromatic heterocycles. The number of hydrogen-bond donors (Lipinski definition) is 1. The fourth-order valence-corrected chi connectivity index (χ4v) is 2.82. The van der Waals surface area contributed by atoms with Crippen LogP contribution in [0.3, 0.4) is 0 Å². The average Bonchev–Trinajstić information content (AvgIpc) is 2.90. The Kier molecular flexibility index (Phi) is 3.58. The zero-order valence-corrected chi connectivity index (χ0v) is 12.5. The number of hydrogen-bond acceptors (Lipinski definition) is 4. The lowest BCUT2D eigenvalue weighted by Crippen LogP contribution is -2.13. The summed E-state index contributed by atoms with van der Waals surface area (Å²) in [4.78, 5) is 16.7. The van der Waals surface area contributed by atoms with Crippen LogP contribution >= 0.6 is 11.3 Å². The van der Waals surface area contributed by atoms with Gasteiger partial charge in [-0.05, 0) is 29.8 Å². The number of anilines is 1. The maximum atomic E-state index is 12.4. The summed E-state index contributed by atoms with van der Waals surface area (Å²) in [6, 6.07) is 11.6. The molecular weight excluding hydrogens is 284 g/mol. The van der Waals surface area contributed by atoms with Crippen LogP contribution in [0.15, 0.2) is 41.8 Å². The fourth-order valence-electron chi connectivity index (χ4n) is 2.14.